The van der Waals surface area contributed by atoms with Gasteiger partial charge in [0.05, 0.1) is 18.9 Å². The van der Waals surface area contributed by atoms with E-state index >= 15 is 0 Å². The fourth-order valence-electron chi connectivity index (χ4n) is 2.11. The number of carbonyl (C=O) groups excluding carboxylic acids is 1. The van der Waals surface area contributed by atoms with Gasteiger partial charge < -0.3 is 9.64 Å². The van der Waals surface area contributed by atoms with Crippen molar-refractivity contribution in [3.8, 4) is 5.75 Å². The summed E-state index contributed by atoms with van der Waals surface area (Å²) in [5.74, 6) is 0.625. The first-order valence-corrected chi connectivity index (χ1v) is 6.59. The molecule has 0 aliphatic carbocycles. The SMILES string of the molecule is O=C(c1cncc(Cl)n1)N1CCOc2ccccc2C1. The molecule has 3 rings (SSSR count). The van der Waals surface area contributed by atoms with Gasteiger partial charge in [0, 0.05) is 12.1 Å². The summed E-state index contributed by atoms with van der Waals surface area (Å²) in [7, 11) is 0. The monoisotopic (exact) mass is 289 g/mol. The molecule has 0 radical (unpaired) electrons. The first-order valence-electron chi connectivity index (χ1n) is 6.21. The number of rotatable bonds is 1. The minimum Gasteiger partial charge on any atom is -0.491 e. The van der Waals surface area contributed by atoms with Crippen LogP contribution in [0.2, 0.25) is 5.15 Å². The van der Waals surface area contributed by atoms with Gasteiger partial charge in [-0.1, -0.05) is 29.8 Å². The summed E-state index contributed by atoms with van der Waals surface area (Å²) < 4.78 is 5.63. The fraction of sp³-hybridized carbons (Fsp3) is 0.214. The van der Waals surface area contributed by atoms with Crippen molar-refractivity contribution >= 4 is 17.5 Å². The Morgan fingerprint density at radius 1 is 1.30 bits per heavy atom. The minimum atomic E-state index is -0.194. The van der Waals surface area contributed by atoms with E-state index in [1.54, 1.807) is 4.90 Å². The summed E-state index contributed by atoms with van der Waals surface area (Å²) in [5, 5.41) is 0.210. The van der Waals surface area contributed by atoms with Crippen LogP contribution in [0.25, 0.3) is 0 Å². The van der Waals surface area contributed by atoms with E-state index in [1.807, 2.05) is 24.3 Å². The van der Waals surface area contributed by atoms with Gasteiger partial charge in [0.15, 0.2) is 0 Å². The smallest absolute Gasteiger partial charge is 0.274 e. The lowest BCUT2D eigenvalue weighted by atomic mass is 10.2. The highest BCUT2D eigenvalue weighted by Gasteiger charge is 2.22. The van der Waals surface area contributed by atoms with E-state index in [4.69, 9.17) is 16.3 Å². The quantitative estimate of drug-likeness (QED) is 0.807. The number of hydrogen-bond acceptors (Lipinski definition) is 4. The number of fused-ring (bicyclic) bond motifs is 1. The maximum absolute atomic E-state index is 12.4. The van der Waals surface area contributed by atoms with Crippen molar-refractivity contribution in [3.05, 3.63) is 53.1 Å². The van der Waals surface area contributed by atoms with Gasteiger partial charge in [-0.15, -0.1) is 0 Å². The highest BCUT2D eigenvalue weighted by molar-refractivity contribution is 6.29. The largest absolute Gasteiger partial charge is 0.491 e. The predicted molar refractivity (Wildman–Crippen MR) is 73.7 cm³/mol. The second kappa shape index (κ2) is 5.46. The van der Waals surface area contributed by atoms with Gasteiger partial charge in [0.2, 0.25) is 0 Å². The number of carbonyl (C=O) groups is 1. The molecule has 102 valence electrons. The van der Waals surface area contributed by atoms with Crippen LogP contribution in [0.1, 0.15) is 16.1 Å². The Morgan fingerprint density at radius 2 is 2.15 bits per heavy atom. The van der Waals surface area contributed by atoms with E-state index in [0.29, 0.717) is 19.7 Å². The molecule has 2 aromatic rings. The molecule has 1 aromatic carbocycles. The average molecular weight is 290 g/mol. The van der Waals surface area contributed by atoms with E-state index < -0.39 is 0 Å². The molecular weight excluding hydrogens is 278 g/mol. The number of halogens is 1. The number of amides is 1. The minimum absolute atomic E-state index is 0.194. The van der Waals surface area contributed by atoms with Crippen molar-refractivity contribution in [2.45, 2.75) is 6.54 Å². The van der Waals surface area contributed by atoms with Gasteiger partial charge in [-0.2, -0.15) is 0 Å². The van der Waals surface area contributed by atoms with Gasteiger partial charge in [0.25, 0.3) is 5.91 Å². The number of benzene rings is 1. The van der Waals surface area contributed by atoms with E-state index in [1.165, 1.54) is 12.4 Å². The topological polar surface area (TPSA) is 55.3 Å². The molecule has 5 nitrogen and oxygen atoms in total. The molecule has 1 aliphatic rings. The summed E-state index contributed by atoms with van der Waals surface area (Å²) >= 11 is 5.77. The number of para-hydroxylation sites is 1. The van der Waals surface area contributed by atoms with Gasteiger partial charge in [-0.25, -0.2) is 4.98 Å². The summed E-state index contributed by atoms with van der Waals surface area (Å²) in [6.07, 6.45) is 2.82. The van der Waals surface area contributed by atoms with Crippen molar-refractivity contribution < 1.29 is 9.53 Å². The molecule has 1 aliphatic heterocycles. The Kier molecular flexibility index (Phi) is 3.52. The Labute approximate surface area is 121 Å². The third-order valence-electron chi connectivity index (χ3n) is 3.06. The molecule has 6 heteroatoms. The molecule has 2 heterocycles. The fourth-order valence-corrected chi connectivity index (χ4v) is 2.25. The normalized spacial score (nSPS) is 14.2. The third kappa shape index (κ3) is 2.58. The lowest BCUT2D eigenvalue weighted by Crippen LogP contribution is -2.33. The first-order chi connectivity index (χ1) is 9.74. The van der Waals surface area contributed by atoms with E-state index in [2.05, 4.69) is 9.97 Å². The van der Waals surface area contributed by atoms with Crippen molar-refractivity contribution in [2.24, 2.45) is 0 Å². The first kappa shape index (κ1) is 12.9. The summed E-state index contributed by atoms with van der Waals surface area (Å²) in [5.41, 5.74) is 1.23. The number of aromatic nitrogens is 2. The van der Waals surface area contributed by atoms with Crippen LogP contribution in [-0.2, 0) is 6.54 Å². The van der Waals surface area contributed by atoms with Crippen LogP contribution in [0, 0.1) is 0 Å². The highest BCUT2D eigenvalue weighted by atomic mass is 35.5. The second-order valence-corrected chi connectivity index (χ2v) is 4.80. The van der Waals surface area contributed by atoms with Crippen LogP contribution in [-0.4, -0.2) is 33.9 Å². The molecule has 0 atom stereocenters. The number of hydrogen-bond donors (Lipinski definition) is 0. The highest BCUT2D eigenvalue weighted by Crippen LogP contribution is 2.23. The zero-order valence-electron chi connectivity index (χ0n) is 10.6. The molecule has 0 bridgehead atoms. The van der Waals surface area contributed by atoms with E-state index in [-0.39, 0.29) is 16.8 Å². The van der Waals surface area contributed by atoms with Crippen LogP contribution in [0.3, 0.4) is 0 Å². The maximum atomic E-state index is 12.4. The van der Waals surface area contributed by atoms with E-state index in [0.717, 1.165) is 11.3 Å². The standard InChI is InChI=1S/C14H12ClN3O2/c15-13-8-16-7-11(17-13)14(19)18-5-6-20-12-4-2-1-3-10(12)9-18/h1-4,7-8H,5-6,9H2. The Bertz CT molecular complexity index is 648. The molecule has 20 heavy (non-hydrogen) atoms. The summed E-state index contributed by atoms with van der Waals surface area (Å²) in [4.78, 5) is 22.0. The second-order valence-electron chi connectivity index (χ2n) is 4.41. The number of ether oxygens (including phenoxy) is 1. The molecule has 0 fully saturated rings. The summed E-state index contributed by atoms with van der Waals surface area (Å²) in [6.45, 7) is 1.45. The predicted octanol–water partition coefficient (Wildman–Crippen LogP) is 2.16. The van der Waals surface area contributed by atoms with Crippen LogP contribution in [0.4, 0.5) is 0 Å². The lowest BCUT2D eigenvalue weighted by Gasteiger charge is -2.19. The van der Waals surface area contributed by atoms with Crippen molar-refractivity contribution in [1.29, 1.82) is 0 Å². The van der Waals surface area contributed by atoms with Gasteiger partial charge in [-0.3, -0.25) is 9.78 Å². The average Bonchev–Trinajstić information content (AvgIpc) is 2.68. The lowest BCUT2D eigenvalue weighted by molar-refractivity contribution is 0.0727. The molecule has 0 saturated heterocycles. The molecule has 1 aromatic heterocycles. The molecule has 0 unspecified atom stereocenters. The van der Waals surface area contributed by atoms with Crippen molar-refractivity contribution in [2.75, 3.05) is 13.2 Å². The van der Waals surface area contributed by atoms with Gasteiger partial charge in [-0.05, 0) is 6.07 Å². The Balaban J connectivity index is 1.86. The zero-order valence-corrected chi connectivity index (χ0v) is 11.4. The van der Waals surface area contributed by atoms with Gasteiger partial charge in [0.1, 0.15) is 23.2 Å². The Hall–Kier alpha value is -2.14. The van der Waals surface area contributed by atoms with Crippen LogP contribution in [0.5, 0.6) is 5.75 Å². The molecule has 0 saturated carbocycles. The molecule has 0 N–H and O–H groups in total. The molecular formula is C14H12ClN3O2. The zero-order chi connectivity index (χ0) is 13.9. The van der Waals surface area contributed by atoms with Crippen LogP contribution in [0.15, 0.2) is 36.7 Å². The van der Waals surface area contributed by atoms with E-state index in [9.17, 15) is 4.79 Å². The van der Waals surface area contributed by atoms with Gasteiger partial charge >= 0.3 is 0 Å². The summed E-state index contributed by atoms with van der Waals surface area (Å²) in [6, 6.07) is 7.70. The molecule has 0 spiro atoms. The number of nitrogens with zero attached hydrogens (tertiary/aromatic N) is 3. The van der Waals surface area contributed by atoms with Crippen molar-refractivity contribution in [3.63, 3.8) is 0 Å². The maximum Gasteiger partial charge on any atom is 0.274 e. The van der Waals surface area contributed by atoms with Crippen LogP contribution < -0.4 is 4.74 Å². The third-order valence-corrected chi connectivity index (χ3v) is 3.25. The van der Waals surface area contributed by atoms with Crippen LogP contribution >= 0.6 is 11.6 Å². The Morgan fingerprint density at radius 3 is 3.00 bits per heavy atom. The van der Waals surface area contributed by atoms with Crippen molar-refractivity contribution in [1.82, 2.24) is 14.9 Å². The molecule has 1 amide bonds.